The molecule has 0 radical (unpaired) electrons. The molecule has 2 rings (SSSR count). The number of nitrogens with zero attached hydrogens (tertiary/aromatic N) is 4. The van der Waals surface area contributed by atoms with Crippen molar-refractivity contribution in [3.8, 4) is 0 Å². The number of hydrogen-bond donors (Lipinski definition) is 1. The molecule has 1 fully saturated rings. The molecule has 1 aliphatic heterocycles. The van der Waals surface area contributed by atoms with Gasteiger partial charge in [-0.3, -0.25) is 4.90 Å². The molecular weight excluding hydrogens is 310 g/mol. The average Bonchev–Trinajstić information content (AvgIpc) is 2.72. The van der Waals surface area contributed by atoms with Crippen LogP contribution in [0.5, 0.6) is 0 Å². The number of nitrogens with one attached hydrogen (secondary N) is 1. The number of hydrogen-bond acceptors (Lipinski definition) is 5. The third-order valence-corrected chi connectivity index (χ3v) is 4.22. The Morgan fingerprint density at radius 3 is 2.74 bits per heavy atom. The molecule has 1 N–H and O–H groups in total. The lowest BCUT2D eigenvalue weighted by molar-refractivity contribution is -0.0562. The van der Waals surface area contributed by atoms with Crippen molar-refractivity contribution in [1.82, 2.24) is 25.2 Å². The molecule has 0 saturated carbocycles. The van der Waals surface area contributed by atoms with E-state index in [4.69, 9.17) is 4.74 Å². The summed E-state index contributed by atoms with van der Waals surface area (Å²) in [5.74, 6) is 0. The van der Waals surface area contributed by atoms with Crippen LogP contribution in [0.1, 0.15) is 25.6 Å². The molecule has 2 unspecified atom stereocenters. The predicted molar refractivity (Wildman–Crippen MR) is 77.0 cm³/mol. The summed E-state index contributed by atoms with van der Waals surface area (Å²) in [6.45, 7) is 7.12. The number of likely N-dealkylation sites (N-methyl/N-ethyl adjacent to an activating group) is 1. The number of aromatic nitrogens is 3. The van der Waals surface area contributed by atoms with Crippen molar-refractivity contribution in [3.05, 3.63) is 10.3 Å². The first-order valence-electron chi connectivity index (χ1n) is 6.62. The van der Waals surface area contributed by atoms with Gasteiger partial charge in [0.15, 0.2) is 4.60 Å². The summed E-state index contributed by atoms with van der Waals surface area (Å²) in [5, 5.41) is 11.4. The summed E-state index contributed by atoms with van der Waals surface area (Å²) >= 11 is 3.47. The summed E-state index contributed by atoms with van der Waals surface area (Å²) in [6, 6.07) is 0.618. The summed E-state index contributed by atoms with van der Waals surface area (Å²) in [4.78, 5) is 2.44. The number of aryl methyl sites for hydroxylation is 1. The number of ether oxygens (including phenoxy) is 1. The number of halogens is 1. The van der Waals surface area contributed by atoms with Crippen LogP contribution < -0.4 is 5.32 Å². The van der Waals surface area contributed by atoms with Crippen LogP contribution in [0.25, 0.3) is 0 Å². The average molecular weight is 332 g/mol. The molecule has 1 aliphatic rings. The Balaban J connectivity index is 2.18. The second-order valence-electron chi connectivity index (χ2n) is 5.15. The van der Waals surface area contributed by atoms with Gasteiger partial charge in [0, 0.05) is 26.2 Å². The van der Waals surface area contributed by atoms with Crippen molar-refractivity contribution in [2.45, 2.75) is 32.0 Å². The van der Waals surface area contributed by atoms with Crippen LogP contribution in [-0.2, 0) is 11.8 Å². The molecule has 0 spiro atoms. The Hall–Kier alpha value is -0.500. The van der Waals surface area contributed by atoms with Gasteiger partial charge in [0.05, 0.1) is 24.4 Å². The van der Waals surface area contributed by atoms with Gasteiger partial charge in [0.1, 0.15) is 0 Å². The minimum absolute atomic E-state index is 0.0796. The molecule has 2 atom stereocenters. The van der Waals surface area contributed by atoms with E-state index in [0.717, 1.165) is 30.0 Å². The second kappa shape index (κ2) is 6.30. The van der Waals surface area contributed by atoms with E-state index < -0.39 is 0 Å². The quantitative estimate of drug-likeness (QED) is 0.890. The van der Waals surface area contributed by atoms with Gasteiger partial charge in [0.2, 0.25) is 0 Å². The molecule has 2 heterocycles. The van der Waals surface area contributed by atoms with E-state index in [2.05, 4.69) is 50.3 Å². The molecule has 1 aromatic rings. The maximum absolute atomic E-state index is 5.95. The van der Waals surface area contributed by atoms with Gasteiger partial charge in [-0.1, -0.05) is 5.21 Å². The van der Waals surface area contributed by atoms with Crippen molar-refractivity contribution in [2.24, 2.45) is 7.05 Å². The lowest BCUT2D eigenvalue weighted by Gasteiger charge is -2.38. The maximum Gasteiger partial charge on any atom is 0.153 e. The molecule has 108 valence electrons. The fraction of sp³-hybridized carbons (Fsp3) is 0.833. The lowest BCUT2D eigenvalue weighted by Crippen LogP contribution is -2.50. The van der Waals surface area contributed by atoms with Crippen molar-refractivity contribution >= 4 is 15.9 Å². The molecule has 19 heavy (non-hydrogen) atoms. The molecule has 0 amide bonds. The number of morpholine rings is 1. The molecule has 6 nitrogen and oxygen atoms in total. The molecule has 0 aliphatic carbocycles. The van der Waals surface area contributed by atoms with Crippen LogP contribution in [0.3, 0.4) is 0 Å². The lowest BCUT2D eigenvalue weighted by atomic mass is 10.1. The number of rotatable bonds is 4. The van der Waals surface area contributed by atoms with Crippen molar-refractivity contribution in [3.63, 3.8) is 0 Å². The van der Waals surface area contributed by atoms with E-state index >= 15 is 0 Å². The third-order valence-electron chi connectivity index (χ3n) is 3.66. The highest BCUT2D eigenvalue weighted by Gasteiger charge is 2.32. The Morgan fingerprint density at radius 1 is 1.47 bits per heavy atom. The summed E-state index contributed by atoms with van der Waals surface area (Å²) < 4.78 is 8.52. The predicted octanol–water partition coefficient (Wildman–Crippen LogP) is 0.947. The second-order valence-corrected chi connectivity index (χ2v) is 5.90. The van der Waals surface area contributed by atoms with E-state index in [1.807, 2.05) is 14.1 Å². The van der Waals surface area contributed by atoms with Gasteiger partial charge in [-0.05, 0) is 36.8 Å². The van der Waals surface area contributed by atoms with Crippen LogP contribution in [0.4, 0.5) is 0 Å². The van der Waals surface area contributed by atoms with Crippen LogP contribution in [-0.4, -0.2) is 58.8 Å². The Morgan fingerprint density at radius 2 is 2.21 bits per heavy atom. The van der Waals surface area contributed by atoms with Gasteiger partial charge in [-0.2, -0.15) is 0 Å². The van der Waals surface area contributed by atoms with Crippen LogP contribution in [0.15, 0.2) is 4.60 Å². The summed E-state index contributed by atoms with van der Waals surface area (Å²) in [6.07, 6.45) is 0.106. The van der Waals surface area contributed by atoms with E-state index in [1.165, 1.54) is 0 Å². The first-order chi connectivity index (χ1) is 9.04. The van der Waals surface area contributed by atoms with E-state index in [0.29, 0.717) is 6.04 Å². The fourth-order valence-electron chi connectivity index (χ4n) is 2.53. The molecule has 0 aromatic carbocycles. The van der Waals surface area contributed by atoms with Gasteiger partial charge in [0.25, 0.3) is 0 Å². The normalized spacial score (nSPS) is 22.9. The van der Waals surface area contributed by atoms with Crippen LogP contribution in [0, 0.1) is 0 Å². The van der Waals surface area contributed by atoms with Gasteiger partial charge in [-0.15, -0.1) is 5.10 Å². The van der Waals surface area contributed by atoms with E-state index in [1.54, 1.807) is 4.68 Å². The maximum atomic E-state index is 5.95. The zero-order chi connectivity index (χ0) is 14.0. The standard InChI is InChI=1S/C12H22BrN5O/c1-8(2)18-5-6-19-9(7-18)10(14-3)11-12(13)15-16-17(11)4/h8-10,14H,5-7H2,1-4H3. The summed E-state index contributed by atoms with van der Waals surface area (Å²) in [5.41, 5.74) is 1.03. The minimum Gasteiger partial charge on any atom is -0.374 e. The van der Waals surface area contributed by atoms with E-state index in [9.17, 15) is 0 Å². The van der Waals surface area contributed by atoms with Gasteiger partial charge in [-0.25, -0.2) is 4.68 Å². The molecule has 0 bridgehead atoms. The largest absolute Gasteiger partial charge is 0.374 e. The van der Waals surface area contributed by atoms with Crippen molar-refractivity contribution in [1.29, 1.82) is 0 Å². The zero-order valence-corrected chi connectivity index (χ0v) is 13.5. The van der Waals surface area contributed by atoms with Crippen LogP contribution >= 0.6 is 15.9 Å². The first-order valence-corrected chi connectivity index (χ1v) is 7.42. The topological polar surface area (TPSA) is 55.2 Å². The Labute approximate surface area is 122 Å². The molecular formula is C12H22BrN5O. The first kappa shape index (κ1) is 14.9. The van der Waals surface area contributed by atoms with Crippen molar-refractivity contribution in [2.75, 3.05) is 26.7 Å². The highest BCUT2D eigenvalue weighted by molar-refractivity contribution is 9.10. The van der Waals surface area contributed by atoms with Crippen LogP contribution in [0.2, 0.25) is 0 Å². The molecule has 1 saturated heterocycles. The van der Waals surface area contributed by atoms with Gasteiger partial charge < -0.3 is 10.1 Å². The van der Waals surface area contributed by atoms with Gasteiger partial charge >= 0.3 is 0 Å². The SMILES string of the molecule is CNC(c1c(Br)nnn1C)C1CN(C(C)C)CCO1. The Bertz CT molecular complexity index is 403. The smallest absolute Gasteiger partial charge is 0.153 e. The van der Waals surface area contributed by atoms with E-state index in [-0.39, 0.29) is 12.1 Å². The highest BCUT2D eigenvalue weighted by atomic mass is 79.9. The molecule has 1 aromatic heterocycles. The zero-order valence-electron chi connectivity index (χ0n) is 11.9. The van der Waals surface area contributed by atoms with Crippen molar-refractivity contribution < 1.29 is 4.74 Å². The third kappa shape index (κ3) is 3.16. The summed E-state index contributed by atoms with van der Waals surface area (Å²) in [7, 11) is 3.85. The highest BCUT2D eigenvalue weighted by Crippen LogP contribution is 2.26. The Kier molecular flexibility index (Phi) is 4.94. The molecule has 7 heteroatoms. The fourth-order valence-corrected chi connectivity index (χ4v) is 3.11. The monoisotopic (exact) mass is 331 g/mol. The minimum atomic E-state index is 0.0796.